The number of carbonyl (C=O) groups is 2. The van der Waals surface area contributed by atoms with Crippen LogP contribution in [0.3, 0.4) is 0 Å². The second-order valence-electron chi connectivity index (χ2n) is 12.0. The SMILES string of the molecule is CCCCCCCCCCCCCCC(=O)O[C@@H](CO)COC(=O)CCC[C@@H](O)/C=C/C=C\C/C=C\C=C\[C@@H](O)CCCCC. The molecule has 0 spiro atoms. The molecule has 0 unspecified atom stereocenters. The topological polar surface area (TPSA) is 113 Å². The van der Waals surface area contributed by atoms with Crippen LogP contribution in [-0.4, -0.2) is 58.8 Å². The van der Waals surface area contributed by atoms with E-state index < -0.39 is 24.8 Å². The van der Waals surface area contributed by atoms with Crippen molar-refractivity contribution in [3.8, 4) is 0 Å². The third-order valence-electron chi connectivity index (χ3n) is 7.58. The van der Waals surface area contributed by atoms with Crippen molar-refractivity contribution in [1.29, 1.82) is 0 Å². The molecule has 0 rings (SSSR count). The minimum atomic E-state index is -0.855. The smallest absolute Gasteiger partial charge is 0.306 e. The molecule has 0 aliphatic rings. The average molecular weight is 635 g/mol. The number of aliphatic hydroxyl groups is 3. The van der Waals surface area contributed by atoms with Crippen LogP contribution >= 0.6 is 0 Å². The first-order valence-corrected chi connectivity index (χ1v) is 17.9. The predicted molar refractivity (Wildman–Crippen MR) is 185 cm³/mol. The van der Waals surface area contributed by atoms with Crippen LogP contribution in [0, 0.1) is 0 Å². The quantitative estimate of drug-likeness (QED) is 0.0397. The fourth-order valence-electron chi connectivity index (χ4n) is 4.77. The van der Waals surface area contributed by atoms with Gasteiger partial charge >= 0.3 is 11.9 Å². The summed E-state index contributed by atoms with van der Waals surface area (Å²) in [6, 6.07) is 0. The summed E-state index contributed by atoms with van der Waals surface area (Å²) in [5.41, 5.74) is 0. The van der Waals surface area contributed by atoms with Crippen molar-refractivity contribution < 1.29 is 34.4 Å². The van der Waals surface area contributed by atoms with Gasteiger partial charge in [0.2, 0.25) is 0 Å². The van der Waals surface area contributed by atoms with Gasteiger partial charge in [-0.05, 0) is 32.1 Å². The van der Waals surface area contributed by atoms with Crippen molar-refractivity contribution in [2.75, 3.05) is 13.2 Å². The third-order valence-corrected chi connectivity index (χ3v) is 7.58. The molecule has 45 heavy (non-hydrogen) atoms. The fraction of sp³-hybridized carbons (Fsp3) is 0.737. The number of hydrogen-bond acceptors (Lipinski definition) is 7. The molecule has 3 atom stereocenters. The molecule has 0 fully saturated rings. The fourth-order valence-corrected chi connectivity index (χ4v) is 4.77. The summed E-state index contributed by atoms with van der Waals surface area (Å²) in [6.45, 7) is 3.82. The lowest BCUT2D eigenvalue weighted by atomic mass is 10.0. The van der Waals surface area contributed by atoms with Crippen LogP contribution in [0.4, 0.5) is 0 Å². The number of hydrogen-bond donors (Lipinski definition) is 3. The number of rotatable bonds is 31. The molecule has 0 heterocycles. The van der Waals surface area contributed by atoms with E-state index in [1.807, 2.05) is 36.5 Å². The van der Waals surface area contributed by atoms with Crippen LogP contribution < -0.4 is 0 Å². The minimum Gasteiger partial charge on any atom is -0.462 e. The number of ether oxygens (including phenoxy) is 2. The maximum Gasteiger partial charge on any atom is 0.306 e. The Labute approximate surface area is 274 Å². The zero-order chi connectivity index (χ0) is 33.2. The molecule has 0 aliphatic heterocycles. The Kier molecular flexibility index (Phi) is 31.5. The summed E-state index contributed by atoms with van der Waals surface area (Å²) in [6.07, 6.45) is 33.8. The zero-order valence-electron chi connectivity index (χ0n) is 28.6. The van der Waals surface area contributed by atoms with Crippen molar-refractivity contribution >= 4 is 11.9 Å². The van der Waals surface area contributed by atoms with E-state index in [-0.39, 0.29) is 25.1 Å². The molecule has 3 N–H and O–H groups in total. The van der Waals surface area contributed by atoms with Crippen molar-refractivity contribution in [3.63, 3.8) is 0 Å². The van der Waals surface area contributed by atoms with E-state index in [4.69, 9.17) is 9.47 Å². The number of carbonyl (C=O) groups excluding carboxylic acids is 2. The van der Waals surface area contributed by atoms with E-state index in [1.54, 1.807) is 12.2 Å². The molecule has 0 aliphatic carbocycles. The van der Waals surface area contributed by atoms with Crippen LogP contribution in [0.5, 0.6) is 0 Å². The van der Waals surface area contributed by atoms with Gasteiger partial charge in [-0.1, -0.05) is 152 Å². The summed E-state index contributed by atoms with van der Waals surface area (Å²) in [4.78, 5) is 24.2. The lowest BCUT2D eigenvalue weighted by Crippen LogP contribution is -2.28. The van der Waals surface area contributed by atoms with Crippen LogP contribution in [0.2, 0.25) is 0 Å². The van der Waals surface area contributed by atoms with Crippen molar-refractivity contribution in [2.45, 2.75) is 167 Å². The lowest BCUT2D eigenvalue weighted by Gasteiger charge is -2.16. The van der Waals surface area contributed by atoms with Gasteiger partial charge in [0.15, 0.2) is 6.10 Å². The van der Waals surface area contributed by atoms with Crippen molar-refractivity contribution in [1.82, 2.24) is 0 Å². The maximum absolute atomic E-state index is 12.1. The Morgan fingerprint density at radius 1 is 0.600 bits per heavy atom. The molecule has 0 aromatic heterocycles. The predicted octanol–water partition coefficient (Wildman–Crippen LogP) is 8.61. The first-order chi connectivity index (χ1) is 21.9. The summed E-state index contributed by atoms with van der Waals surface area (Å²) in [7, 11) is 0. The minimum absolute atomic E-state index is 0.136. The zero-order valence-corrected chi connectivity index (χ0v) is 28.6. The molecule has 0 saturated carbocycles. The highest BCUT2D eigenvalue weighted by molar-refractivity contribution is 5.70. The lowest BCUT2D eigenvalue weighted by molar-refractivity contribution is -0.161. The Balaban J connectivity index is 3.86. The number of aliphatic hydroxyl groups excluding tert-OH is 3. The highest BCUT2D eigenvalue weighted by Crippen LogP contribution is 2.13. The molecule has 0 aromatic rings. The summed E-state index contributed by atoms with van der Waals surface area (Å²) < 4.78 is 10.4. The van der Waals surface area contributed by atoms with E-state index in [1.165, 1.54) is 57.8 Å². The molecule has 260 valence electrons. The number of esters is 2. The summed E-state index contributed by atoms with van der Waals surface area (Å²) in [5.74, 6) is -0.821. The molecule has 0 amide bonds. The normalized spacial score (nSPS) is 14.2. The van der Waals surface area contributed by atoms with E-state index in [2.05, 4.69) is 13.8 Å². The monoisotopic (exact) mass is 634 g/mol. The van der Waals surface area contributed by atoms with Gasteiger partial charge in [0, 0.05) is 12.8 Å². The third kappa shape index (κ3) is 31.5. The number of allylic oxidation sites excluding steroid dienone is 6. The summed E-state index contributed by atoms with van der Waals surface area (Å²) in [5, 5.41) is 29.4. The number of unbranched alkanes of at least 4 members (excludes halogenated alkanes) is 13. The van der Waals surface area contributed by atoms with Crippen molar-refractivity contribution in [3.05, 3.63) is 48.6 Å². The molecule has 0 radical (unpaired) electrons. The van der Waals surface area contributed by atoms with Crippen LogP contribution in [0.15, 0.2) is 48.6 Å². The van der Waals surface area contributed by atoms with Crippen LogP contribution in [0.1, 0.15) is 149 Å². The average Bonchev–Trinajstić information content (AvgIpc) is 3.02. The Morgan fingerprint density at radius 2 is 1.07 bits per heavy atom. The Bertz CT molecular complexity index is 802. The van der Waals surface area contributed by atoms with E-state index in [0.717, 1.165) is 51.4 Å². The second-order valence-corrected chi connectivity index (χ2v) is 12.0. The molecule has 7 nitrogen and oxygen atoms in total. The van der Waals surface area contributed by atoms with Gasteiger partial charge in [0.1, 0.15) is 6.61 Å². The second kappa shape index (κ2) is 33.2. The van der Waals surface area contributed by atoms with Gasteiger partial charge in [-0.25, -0.2) is 0 Å². The van der Waals surface area contributed by atoms with Gasteiger partial charge in [-0.2, -0.15) is 0 Å². The molecule has 0 aromatic carbocycles. The highest BCUT2D eigenvalue weighted by Gasteiger charge is 2.16. The molecular weight excluding hydrogens is 568 g/mol. The largest absolute Gasteiger partial charge is 0.462 e. The molecular formula is C38H66O7. The van der Waals surface area contributed by atoms with Crippen LogP contribution in [-0.2, 0) is 19.1 Å². The van der Waals surface area contributed by atoms with Gasteiger partial charge in [-0.15, -0.1) is 0 Å². The van der Waals surface area contributed by atoms with Gasteiger partial charge in [0.05, 0.1) is 18.8 Å². The van der Waals surface area contributed by atoms with Gasteiger partial charge in [-0.3, -0.25) is 9.59 Å². The first-order valence-electron chi connectivity index (χ1n) is 17.9. The Morgan fingerprint density at radius 3 is 1.60 bits per heavy atom. The van der Waals surface area contributed by atoms with E-state index >= 15 is 0 Å². The highest BCUT2D eigenvalue weighted by atomic mass is 16.6. The van der Waals surface area contributed by atoms with Crippen molar-refractivity contribution in [2.24, 2.45) is 0 Å². The first kappa shape index (κ1) is 42.8. The summed E-state index contributed by atoms with van der Waals surface area (Å²) >= 11 is 0. The molecule has 0 saturated heterocycles. The van der Waals surface area contributed by atoms with E-state index in [9.17, 15) is 24.9 Å². The molecule has 0 bridgehead atoms. The Hall–Kier alpha value is -2.22. The van der Waals surface area contributed by atoms with Crippen LogP contribution in [0.25, 0.3) is 0 Å². The van der Waals surface area contributed by atoms with Gasteiger partial charge < -0.3 is 24.8 Å². The maximum atomic E-state index is 12.1. The standard InChI is InChI=1S/C38H66O7/c1-3-5-7-8-9-10-11-12-13-17-20-24-30-38(43)45-36(32-39)33-44-37(42)31-25-29-35(41)28-23-19-16-14-15-18-22-27-34(40)26-21-6-4-2/h15-16,18-19,22-23,27-28,34-36,39-41H,3-14,17,20-21,24-26,29-33H2,1-2H3/b18-15-,19-16-,27-22+,28-23+/t34-,35-,36-/m0/s1. The van der Waals surface area contributed by atoms with E-state index in [0.29, 0.717) is 19.3 Å². The molecule has 7 heteroatoms. The van der Waals surface area contributed by atoms with Gasteiger partial charge in [0.25, 0.3) is 0 Å².